The van der Waals surface area contributed by atoms with Crippen LogP contribution < -0.4 is 10.1 Å². The maximum Gasteiger partial charge on any atom is 0.131 e. The van der Waals surface area contributed by atoms with Gasteiger partial charge in [0.05, 0.1) is 13.2 Å². The largest absolute Gasteiger partial charge is 0.497 e. The molecule has 2 aromatic carbocycles. The highest BCUT2D eigenvalue weighted by atomic mass is 19.1. The van der Waals surface area contributed by atoms with Crippen molar-refractivity contribution in [1.82, 2.24) is 5.32 Å². The lowest BCUT2D eigenvalue weighted by molar-refractivity contribution is 0.413. The van der Waals surface area contributed by atoms with Gasteiger partial charge in [-0.3, -0.25) is 0 Å². The molecule has 0 heterocycles. The predicted octanol–water partition coefficient (Wildman–Crippen LogP) is 3.98. The Bertz CT molecular complexity index is 628. The van der Waals surface area contributed by atoms with Gasteiger partial charge >= 0.3 is 0 Å². The van der Waals surface area contributed by atoms with Crippen LogP contribution in [0.25, 0.3) is 0 Å². The third kappa shape index (κ3) is 3.39. The molecule has 0 spiro atoms. The van der Waals surface area contributed by atoms with Crippen molar-refractivity contribution in [2.75, 3.05) is 13.7 Å². The summed E-state index contributed by atoms with van der Waals surface area (Å²) in [7, 11) is 1.59. The third-order valence-corrected chi connectivity index (χ3v) is 3.42. The first-order chi connectivity index (χ1) is 10.1. The molecule has 0 radical (unpaired) electrons. The Morgan fingerprint density at radius 2 is 1.90 bits per heavy atom. The zero-order chi connectivity index (χ0) is 15.4. The number of benzene rings is 2. The highest BCUT2D eigenvalue weighted by Gasteiger charge is 2.19. The number of methoxy groups -OCH3 is 1. The lowest BCUT2D eigenvalue weighted by atomic mass is 9.96. The average Bonchev–Trinajstić information content (AvgIpc) is 2.49. The molecule has 2 nitrogen and oxygen atoms in total. The van der Waals surface area contributed by atoms with Gasteiger partial charge in [0.1, 0.15) is 17.4 Å². The zero-order valence-electron chi connectivity index (χ0n) is 12.4. The van der Waals surface area contributed by atoms with Crippen molar-refractivity contribution in [3.63, 3.8) is 0 Å². The summed E-state index contributed by atoms with van der Waals surface area (Å²) in [5.41, 5.74) is 1.74. The van der Waals surface area contributed by atoms with E-state index in [0.29, 0.717) is 23.4 Å². The van der Waals surface area contributed by atoms with Crippen LogP contribution in [0.3, 0.4) is 0 Å². The van der Waals surface area contributed by atoms with E-state index in [2.05, 4.69) is 5.32 Å². The Kier molecular flexibility index (Phi) is 4.91. The van der Waals surface area contributed by atoms with E-state index in [9.17, 15) is 8.78 Å². The summed E-state index contributed by atoms with van der Waals surface area (Å²) >= 11 is 0. The third-order valence-electron chi connectivity index (χ3n) is 3.42. The molecule has 0 saturated heterocycles. The van der Waals surface area contributed by atoms with Gasteiger partial charge in [-0.25, -0.2) is 8.78 Å². The van der Waals surface area contributed by atoms with Crippen LogP contribution in [0.2, 0.25) is 0 Å². The molecular formula is C17H19F2NO. The normalized spacial score (nSPS) is 12.2. The number of hydrogen-bond donors (Lipinski definition) is 1. The van der Waals surface area contributed by atoms with Gasteiger partial charge < -0.3 is 10.1 Å². The zero-order valence-corrected chi connectivity index (χ0v) is 12.4. The maximum absolute atomic E-state index is 14.2. The SMILES string of the molecule is CCNC(c1cccc(OC)c1)c1cc(C)c(F)cc1F. The second kappa shape index (κ2) is 6.68. The molecule has 1 atom stereocenters. The maximum atomic E-state index is 14.2. The molecule has 0 aromatic heterocycles. The van der Waals surface area contributed by atoms with Gasteiger partial charge in [0.25, 0.3) is 0 Å². The fourth-order valence-electron chi connectivity index (χ4n) is 2.33. The monoisotopic (exact) mass is 291 g/mol. The lowest BCUT2D eigenvalue weighted by Crippen LogP contribution is -2.23. The smallest absolute Gasteiger partial charge is 0.131 e. The first-order valence-corrected chi connectivity index (χ1v) is 6.89. The van der Waals surface area contributed by atoms with Gasteiger partial charge in [-0.15, -0.1) is 0 Å². The molecule has 0 bridgehead atoms. The summed E-state index contributed by atoms with van der Waals surface area (Å²) < 4.78 is 32.8. The van der Waals surface area contributed by atoms with Crippen LogP contribution in [0.5, 0.6) is 5.75 Å². The molecule has 112 valence electrons. The molecule has 0 saturated carbocycles. The quantitative estimate of drug-likeness (QED) is 0.899. The molecule has 0 amide bonds. The summed E-state index contributed by atoms with van der Waals surface area (Å²) in [6, 6.07) is 9.59. The van der Waals surface area contributed by atoms with Crippen LogP contribution in [0.1, 0.15) is 29.7 Å². The molecule has 21 heavy (non-hydrogen) atoms. The van der Waals surface area contributed by atoms with Gasteiger partial charge in [-0.2, -0.15) is 0 Å². The van der Waals surface area contributed by atoms with Crippen LogP contribution in [0.4, 0.5) is 8.78 Å². The van der Waals surface area contributed by atoms with E-state index in [-0.39, 0.29) is 6.04 Å². The van der Waals surface area contributed by atoms with E-state index in [1.807, 2.05) is 31.2 Å². The van der Waals surface area contributed by atoms with Crippen molar-refractivity contribution in [2.45, 2.75) is 19.9 Å². The molecule has 0 fully saturated rings. The predicted molar refractivity (Wildman–Crippen MR) is 79.6 cm³/mol. The average molecular weight is 291 g/mol. The Hall–Kier alpha value is -1.94. The Morgan fingerprint density at radius 1 is 1.14 bits per heavy atom. The van der Waals surface area contributed by atoms with Crippen LogP contribution in [-0.2, 0) is 0 Å². The van der Waals surface area contributed by atoms with Crippen molar-refractivity contribution in [1.29, 1.82) is 0 Å². The van der Waals surface area contributed by atoms with Crippen molar-refractivity contribution in [2.24, 2.45) is 0 Å². The second-order valence-electron chi connectivity index (χ2n) is 4.89. The van der Waals surface area contributed by atoms with Gasteiger partial charge in [-0.1, -0.05) is 19.1 Å². The molecule has 1 unspecified atom stereocenters. The topological polar surface area (TPSA) is 21.3 Å². The summed E-state index contributed by atoms with van der Waals surface area (Å²) in [5, 5.41) is 3.24. The van der Waals surface area contributed by atoms with Crippen LogP contribution in [0, 0.1) is 18.6 Å². The summed E-state index contributed by atoms with van der Waals surface area (Å²) in [4.78, 5) is 0. The molecule has 1 N–H and O–H groups in total. The second-order valence-corrected chi connectivity index (χ2v) is 4.89. The Morgan fingerprint density at radius 3 is 2.57 bits per heavy atom. The van der Waals surface area contributed by atoms with E-state index >= 15 is 0 Å². The van der Waals surface area contributed by atoms with Gasteiger partial charge in [0, 0.05) is 11.6 Å². The van der Waals surface area contributed by atoms with Crippen molar-refractivity contribution < 1.29 is 13.5 Å². The lowest BCUT2D eigenvalue weighted by Gasteiger charge is -2.21. The van der Waals surface area contributed by atoms with Gasteiger partial charge in [-0.05, 0) is 42.8 Å². The first kappa shape index (κ1) is 15.4. The van der Waals surface area contributed by atoms with E-state index < -0.39 is 11.6 Å². The highest BCUT2D eigenvalue weighted by molar-refractivity contribution is 5.39. The standard InChI is InChI=1S/C17H19F2NO/c1-4-20-17(12-6-5-7-13(9-12)21-3)14-8-11(2)15(18)10-16(14)19/h5-10,17,20H,4H2,1-3H3. The Balaban J connectivity index is 2.50. The number of halogens is 2. The number of hydrogen-bond acceptors (Lipinski definition) is 2. The highest BCUT2D eigenvalue weighted by Crippen LogP contribution is 2.28. The fourth-order valence-corrected chi connectivity index (χ4v) is 2.33. The van der Waals surface area contributed by atoms with Gasteiger partial charge in [0.15, 0.2) is 0 Å². The van der Waals surface area contributed by atoms with Crippen LogP contribution >= 0.6 is 0 Å². The molecule has 0 aliphatic heterocycles. The molecular weight excluding hydrogens is 272 g/mol. The summed E-state index contributed by atoms with van der Waals surface area (Å²) in [5.74, 6) is -0.376. The number of aryl methyl sites for hydroxylation is 1. The summed E-state index contributed by atoms with van der Waals surface area (Å²) in [6.07, 6.45) is 0. The fraction of sp³-hybridized carbons (Fsp3) is 0.294. The van der Waals surface area contributed by atoms with E-state index in [1.165, 1.54) is 0 Å². The van der Waals surface area contributed by atoms with Crippen molar-refractivity contribution in [3.05, 3.63) is 64.7 Å². The molecule has 2 rings (SSSR count). The van der Waals surface area contributed by atoms with Crippen molar-refractivity contribution >= 4 is 0 Å². The van der Waals surface area contributed by atoms with E-state index in [1.54, 1.807) is 20.1 Å². The van der Waals surface area contributed by atoms with Crippen molar-refractivity contribution in [3.8, 4) is 5.75 Å². The van der Waals surface area contributed by atoms with E-state index in [4.69, 9.17) is 4.74 Å². The first-order valence-electron chi connectivity index (χ1n) is 6.89. The van der Waals surface area contributed by atoms with Crippen LogP contribution in [0.15, 0.2) is 36.4 Å². The van der Waals surface area contributed by atoms with E-state index in [0.717, 1.165) is 11.6 Å². The minimum Gasteiger partial charge on any atom is -0.497 e. The molecule has 2 aromatic rings. The minimum atomic E-state index is -0.549. The van der Waals surface area contributed by atoms with Gasteiger partial charge in [0.2, 0.25) is 0 Å². The minimum absolute atomic E-state index is 0.343. The molecule has 0 aliphatic carbocycles. The molecule has 0 aliphatic rings. The number of nitrogens with one attached hydrogen (secondary N) is 1. The number of ether oxygens (including phenoxy) is 1. The summed E-state index contributed by atoms with van der Waals surface area (Å²) in [6.45, 7) is 4.24. The van der Waals surface area contributed by atoms with Crippen LogP contribution in [-0.4, -0.2) is 13.7 Å². The number of rotatable bonds is 5. The molecule has 4 heteroatoms. The Labute approximate surface area is 123 Å².